The van der Waals surface area contributed by atoms with Crippen molar-refractivity contribution >= 4 is 14.3 Å². The molecular formula is C10H19N4O7P. The van der Waals surface area contributed by atoms with Gasteiger partial charge in [0, 0.05) is 5.69 Å². The first-order chi connectivity index (χ1) is 10.2. The Labute approximate surface area is 126 Å². The summed E-state index contributed by atoms with van der Waals surface area (Å²) >= 11 is 0. The number of anilines is 1. The van der Waals surface area contributed by atoms with Gasteiger partial charge in [0.15, 0.2) is 6.23 Å². The van der Waals surface area contributed by atoms with E-state index in [0.29, 0.717) is 5.69 Å². The van der Waals surface area contributed by atoms with E-state index in [1.54, 1.807) is 6.92 Å². The van der Waals surface area contributed by atoms with E-state index in [9.17, 15) is 15.0 Å². The van der Waals surface area contributed by atoms with Crippen LogP contribution in [0.25, 0.3) is 0 Å². The third-order valence-corrected chi connectivity index (χ3v) is 2.94. The predicted molar refractivity (Wildman–Crippen MR) is 76.2 cm³/mol. The second kappa shape index (κ2) is 7.90. The maximum Gasteiger partial charge on any atom is 0.351 e. The molecule has 1 fully saturated rings. The van der Waals surface area contributed by atoms with Crippen LogP contribution in [0.15, 0.2) is 10.9 Å². The lowest BCUT2D eigenvalue weighted by molar-refractivity contribution is -0.0558. The lowest BCUT2D eigenvalue weighted by Gasteiger charge is -2.19. The summed E-state index contributed by atoms with van der Waals surface area (Å²) in [6, 6.07) is 1.45. The first-order valence-electron chi connectivity index (χ1n) is 6.09. The average Bonchev–Trinajstić information content (AvgIpc) is 2.65. The fourth-order valence-corrected chi connectivity index (χ4v) is 2.03. The molecular weight excluding hydrogens is 319 g/mol. The van der Waals surface area contributed by atoms with E-state index in [1.807, 2.05) is 0 Å². The molecule has 22 heavy (non-hydrogen) atoms. The smallest absolute Gasteiger partial charge is 0.351 e. The molecule has 11 nitrogen and oxygen atoms in total. The Kier molecular flexibility index (Phi) is 6.78. The molecule has 1 saturated heterocycles. The van der Waals surface area contributed by atoms with Crippen LogP contribution in [0, 0.1) is 6.92 Å². The Morgan fingerprint density at radius 3 is 2.36 bits per heavy atom. The molecule has 2 heterocycles. The monoisotopic (exact) mass is 338 g/mol. The SMILES string of the molecule is Cc1cc(N)nc(=O)n1[C@@H]1O[C@H](CO)[C@@H](O)[C@H]1O.NP(O)O. The fourth-order valence-electron chi connectivity index (χ4n) is 2.03. The molecule has 0 unspecified atom stereocenters. The number of nitrogens with zero attached hydrogens (tertiary/aromatic N) is 2. The normalized spacial score (nSPS) is 27.6. The quantitative estimate of drug-likeness (QED) is 0.271. The summed E-state index contributed by atoms with van der Waals surface area (Å²) in [7, 11) is -2.12. The number of aromatic nitrogens is 2. The Morgan fingerprint density at radius 1 is 1.41 bits per heavy atom. The Bertz CT molecular complexity index is 552. The van der Waals surface area contributed by atoms with Crippen molar-refractivity contribution in [1.29, 1.82) is 0 Å². The number of aliphatic hydroxyl groups excluding tert-OH is 3. The van der Waals surface area contributed by atoms with E-state index in [-0.39, 0.29) is 5.82 Å². The summed E-state index contributed by atoms with van der Waals surface area (Å²) in [6.07, 6.45) is -4.60. The van der Waals surface area contributed by atoms with E-state index in [4.69, 9.17) is 25.4 Å². The Hall–Kier alpha value is -1.17. The van der Waals surface area contributed by atoms with Crippen molar-refractivity contribution < 1.29 is 29.8 Å². The van der Waals surface area contributed by atoms with Crippen molar-refractivity contribution in [2.45, 2.75) is 31.5 Å². The van der Waals surface area contributed by atoms with Crippen molar-refractivity contribution in [3.8, 4) is 0 Å². The molecule has 1 aromatic rings. The average molecular weight is 338 g/mol. The van der Waals surface area contributed by atoms with Gasteiger partial charge in [-0.05, 0) is 13.0 Å². The van der Waals surface area contributed by atoms with Crippen LogP contribution in [-0.4, -0.2) is 59.6 Å². The Balaban J connectivity index is 0.000000541. The fraction of sp³-hybridized carbons (Fsp3) is 0.600. The van der Waals surface area contributed by atoms with Gasteiger partial charge in [-0.3, -0.25) is 10.1 Å². The minimum atomic E-state index is -2.12. The summed E-state index contributed by atoms with van der Waals surface area (Å²) in [5.41, 5.74) is 9.48. The van der Waals surface area contributed by atoms with Gasteiger partial charge in [0.05, 0.1) is 6.61 Å². The number of ether oxygens (including phenoxy) is 1. The third-order valence-electron chi connectivity index (χ3n) is 2.94. The second-order valence-electron chi connectivity index (χ2n) is 4.52. The number of aliphatic hydroxyl groups is 3. The molecule has 0 aromatic carbocycles. The minimum Gasteiger partial charge on any atom is -0.394 e. The zero-order chi connectivity index (χ0) is 17.0. The molecule has 12 heteroatoms. The van der Waals surface area contributed by atoms with Crippen LogP contribution in [0.5, 0.6) is 0 Å². The molecule has 0 radical (unpaired) electrons. The summed E-state index contributed by atoms with van der Waals surface area (Å²) in [6.45, 7) is 1.15. The van der Waals surface area contributed by atoms with E-state index in [0.717, 1.165) is 4.57 Å². The molecule has 1 aliphatic rings. The zero-order valence-corrected chi connectivity index (χ0v) is 12.5. The van der Waals surface area contributed by atoms with Crippen molar-refractivity contribution in [2.24, 2.45) is 5.50 Å². The lowest BCUT2D eigenvalue weighted by atomic mass is 10.1. The van der Waals surface area contributed by atoms with Crippen LogP contribution in [-0.2, 0) is 4.74 Å². The molecule has 126 valence electrons. The van der Waals surface area contributed by atoms with Crippen LogP contribution < -0.4 is 16.9 Å². The van der Waals surface area contributed by atoms with Crippen molar-refractivity contribution in [3.05, 3.63) is 22.2 Å². The van der Waals surface area contributed by atoms with Gasteiger partial charge in [-0.25, -0.2) is 4.79 Å². The molecule has 0 spiro atoms. The highest BCUT2D eigenvalue weighted by Crippen LogP contribution is 2.28. The van der Waals surface area contributed by atoms with Gasteiger partial charge in [-0.2, -0.15) is 4.98 Å². The molecule has 0 aliphatic carbocycles. The number of rotatable bonds is 2. The van der Waals surface area contributed by atoms with Gasteiger partial charge in [-0.1, -0.05) is 0 Å². The number of nitrogens with two attached hydrogens (primary N) is 2. The molecule has 4 atom stereocenters. The van der Waals surface area contributed by atoms with Gasteiger partial charge >= 0.3 is 5.69 Å². The van der Waals surface area contributed by atoms with Gasteiger partial charge in [-0.15, -0.1) is 0 Å². The Morgan fingerprint density at radius 2 is 1.95 bits per heavy atom. The van der Waals surface area contributed by atoms with Crippen molar-refractivity contribution in [3.63, 3.8) is 0 Å². The molecule has 0 bridgehead atoms. The lowest BCUT2D eigenvalue weighted by Crippen LogP contribution is -2.37. The number of hydrogen-bond acceptors (Lipinski definition) is 10. The van der Waals surface area contributed by atoms with E-state index < -0.39 is 45.4 Å². The van der Waals surface area contributed by atoms with Gasteiger partial charge in [0.2, 0.25) is 8.53 Å². The number of nitrogen functional groups attached to an aromatic ring is 1. The third kappa shape index (κ3) is 4.41. The topological polar surface area (TPSA) is 197 Å². The summed E-state index contributed by atoms with van der Waals surface area (Å²) in [5.74, 6) is 0.0699. The minimum absolute atomic E-state index is 0.0699. The first kappa shape index (κ1) is 18.9. The standard InChI is InChI=1S/C10H15N3O5.H4NO2P/c1-4-2-6(11)12-10(17)13(4)9-8(16)7(15)5(3-14)18-9;1-4(2)3/h2,5,7-9,14-16H,3H2,1H3,(H2,11,12,17);2-3H,1H2/t5-,7-,8-,9-;/m1./s1. The maximum absolute atomic E-state index is 11.7. The van der Waals surface area contributed by atoms with E-state index in [2.05, 4.69) is 10.5 Å². The number of hydrogen-bond donors (Lipinski definition) is 7. The van der Waals surface area contributed by atoms with Crippen LogP contribution in [0.2, 0.25) is 0 Å². The maximum atomic E-state index is 11.7. The first-order valence-corrected chi connectivity index (χ1v) is 7.41. The van der Waals surface area contributed by atoms with Crippen LogP contribution in [0.3, 0.4) is 0 Å². The largest absolute Gasteiger partial charge is 0.394 e. The van der Waals surface area contributed by atoms with Crippen LogP contribution >= 0.6 is 8.53 Å². The molecule has 1 aliphatic heterocycles. The van der Waals surface area contributed by atoms with Crippen LogP contribution in [0.1, 0.15) is 11.9 Å². The molecule has 9 N–H and O–H groups in total. The molecule has 2 rings (SSSR count). The molecule has 0 saturated carbocycles. The van der Waals surface area contributed by atoms with Crippen LogP contribution in [0.4, 0.5) is 5.82 Å². The molecule has 1 aromatic heterocycles. The highest BCUT2D eigenvalue weighted by molar-refractivity contribution is 7.42. The predicted octanol–water partition coefficient (Wildman–Crippen LogP) is -3.10. The highest BCUT2D eigenvalue weighted by Gasteiger charge is 2.44. The molecule has 0 amide bonds. The summed E-state index contributed by atoms with van der Waals surface area (Å²) in [4.78, 5) is 30.2. The van der Waals surface area contributed by atoms with Crippen molar-refractivity contribution in [1.82, 2.24) is 9.55 Å². The van der Waals surface area contributed by atoms with Gasteiger partial charge < -0.3 is 35.6 Å². The van der Waals surface area contributed by atoms with E-state index in [1.165, 1.54) is 6.07 Å². The summed E-state index contributed by atoms with van der Waals surface area (Å²) < 4.78 is 6.35. The van der Waals surface area contributed by atoms with Crippen molar-refractivity contribution in [2.75, 3.05) is 12.3 Å². The number of aryl methyl sites for hydroxylation is 1. The summed E-state index contributed by atoms with van der Waals surface area (Å²) in [5, 5.41) is 28.4. The van der Waals surface area contributed by atoms with Gasteiger partial charge in [0.25, 0.3) is 0 Å². The highest BCUT2D eigenvalue weighted by atomic mass is 31.2. The second-order valence-corrected chi connectivity index (χ2v) is 5.16. The van der Waals surface area contributed by atoms with Gasteiger partial charge in [0.1, 0.15) is 24.1 Å². The zero-order valence-electron chi connectivity index (χ0n) is 11.6. The van der Waals surface area contributed by atoms with E-state index >= 15 is 0 Å².